The van der Waals surface area contributed by atoms with Crippen molar-refractivity contribution >= 4 is 23.3 Å². The van der Waals surface area contributed by atoms with E-state index in [9.17, 15) is 19.7 Å². The molecule has 1 heterocycles. The Bertz CT molecular complexity index is 1040. The van der Waals surface area contributed by atoms with Crippen LogP contribution in [0.25, 0.3) is 0 Å². The predicted molar refractivity (Wildman–Crippen MR) is 107 cm³/mol. The maximum atomic E-state index is 13.4. The third kappa shape index (κ3) is 2.43. The van der Waals surface area contributed by atoms with Crippen LogP contribution in [0.1, 0.15) is 37.8 Å². The van der Waals surface area contributed by atoms with Crippen molar-refractivity contribution in [2.45, 2.75) is 38.1 Å². The van der Waals surface area contributed by atoms with Crippen LogP contribution in [0.3, 0.4) is 0 Å². The van der Waals surface area contributed by atoms with E-state index in [1.54, 1.807) is 23.1 Å². The quantitative estimate of drug-likeness (QED) is 0.451. The van der Waals surface area contributed by atoms with E-state index in [-0.39, 0.29) is 17.2 Å². The smallest absolute Gasteiger partial charge is 0.319 e. The number of carbonyl (C=O) groups is 2. The molecule has 3 atom stereocenters. The van der Waals surface area contributed by atoms with Gasteiger partial charge in [-0.05, 0) is 11.6 Å². The van der Waals surface area contributed by atoms with Gasteiger partial charge in [-0.2, -0.15) is 0 Å². The Morgan fingerprint density at radius 3 is 2.34 bits per heavy atom. The van der Waals surface area contributed by atoms with E-state index in [4.69, 9.17) is 4.74 Å². The van der Waals surface area contributed by atoms with Crippen LogP contribution < -0.4 is 4.90 Å². The highest BCUT2D eigenvalue weighted by atomic mass is 16.6. The average molecular weight is 394 g/mol. The molecule has 1 aliphatic carbocycles. The molecule has 0 radical (unpaired) electrons. The van der Waals surface area contributed by atoms with Gasteiger partial charge in [0.15, 0.2) is 0 Å². The van der Waals surface area contributed by atoms with Gasteiger partial charge in [0, 0.05) is 28.7 Å². The van der Waals surface area contributed by atoms with Gasteiger partial charge in [0.05, 0.1) is 18.1 Å². The minimum absolute atomic E-state index is 0.137. The summed E-state index contributed by atoms with van der Waals surface area (Å²) in [4.78, 5) is 39.4. The Morgan fingerprint density at radius 2 is 1.72 bits per heavy atom. The number of rotatable bonds is 3. The Balaban J connectivity index is 1.98. The lowest BCUT2D eigenvalue weighted by atomic mass is 9.86. The van der Waals surface area contributed by atoms with Crippen molar-refractivity contribution in [3.05, 3.63) is 69.8 Å². The number of fused-ring (bicyclic) bond motifs is 3. The van der Waals surface area contributed by atoms with Gasteiger partial charge in [-0.3, -0.25) is 19.7 Å². The molecular formula is C22H22N2O5. The zero-order valence-electron chi connectivity index (χ0n) is 16.7. The number of esters is 1. The Kier molecular flexibility index (Phi) is 4.05. The largest absolute Gasteiger partial charge is 0.468 e. The van der Waals surface area contributed by atoms with Crippen LogP contribution in [0.5, 0.6) is 0 Å². The van der Waals surface area contributed by atoms with Gasteiger partial charge in [-0.1, -0.05) is 57.2 Å². The summed E-state index contributed by atoms with van der Waals surface area (Å²) >= 11 is 0. The molecule has 29 heavy (non-hydrogen) atoms. The van der Waals surface area contributed by atoms with E-state index in [0.717, 1.165) is 11.3 Å². The van der Waals surface area contributed by atoms with E-state index in [0.29, 0.717) is 0 Å². The van der Waals surface area contributed by atoms with E-state index < -0.39 is 33.7 Å². The van der Waals surface area contributed by atoms with Crippen LogP contribution in [0.4, 0.5) is 11.4 Å². The molecule has 7 nitrogen and oxygen atoms in total. The van der Waals surface area contributed by atoms with E-state index in [1.165, 1.54) is 13.2 Å². The highest BCUT2D eigenvalue weighted by Crippen LogP contribution is 2.71. The topological polar surface area (TPSA) is 89.8 Å². The first-order chi connectivity index (χ1) is 13.7. The number of nitrogens with zero attached hydrogens (tertiary/aromatic N) is 2. The van der Waals surface area contributed by atoms with Gasteiger partial charge in [0.25, 0.3) is 5.69 Å². The molecule has 2 aromatic rings. The van der Waals surface area contributed by atoms with Crippen LogP contribution in [0.15, 0.2) is 48.5 Å². The minimum atomic E-state index is -1.30. The summed E-state index contributed by atoms with van der Waals surface area (Å²) in [6.07, 6.45) is 0. The van der Waals surface area contributed by atoms with Crippen LogP contribution in [-0.4, -0.2) is 30.0 Å². The van der Waals surface area contributed by atoms with Gasteiger partial charge in [0.1, 0.15) is 5.41 Å². The number of methoxy groups -OCH3 is 1. The Hall–Kier alpha value is -3.22. The molecule has 4 rings (SSSR count). The molecule has 1 aliphatic heterocycles. The zero-order chi connectivity index (χ0) is 21.1. The third-order valence-corrected chi connectivity index (χ3v) is 5.90. The molecule has 0 unspecified atom stereocenters. The summed E-state index contributed by atoms with van der Waals surface area (Å²) in [6.45, 7) is 5.45. The van der Waals surface area contributed by atoms with Crippen molar-refractivity contribution in [2.24, 2.45) is 5.41 Å². The second-order valence-electron chi connectivity index (χ2n) is 8.54. The zero-order valence-corrected chi connectivity index (χ0v) is 16.7. The summed E-state index contributed by atoms with van der Waals surface area (Å²) in [6, 6.07) is 13.1. The summed E-state index contributed by atoms with van der Waals surface area (Å²) in [7, 11) is 1.27. The first kappa shape index (κ1) is 19.1. The fourth-order valence-corrected chi connectivity index (χ4v) is 4.69. The normalized spacial score (nSPS) is 24.5. The Morgan fingerprint density at radius 1 is 1.10 bits per heavy atom. The van der Waals surface area contributed by atoms with Crippen molar-refractivity contribution in [1.29, 1.82) is 0 Å². The lowest BCUT2D eigenvalue weighted by Crippen LogP contribution is -2.45. The maximum absolute atomic E-state index is 13.4. The number of nitro groups is 1. The molecule has 0 aromatic heterocycles. The number of benzene rings is 2. The van der Waals surface area contributed by atoms with Gasteiger partial charge in [-0.15, -0.1) is 0 Å². The lowest BCUT2D eigenvalue weighted by Gasteiger charge is -2.32. The van der Waals surface area contributed by atoms with Crippen molar-refractivity contribution in [3.8, 4) is 0 Å². The number of hydrogen-bond donors (Lipinski definition) is 0. The molecule has 0 spiro atoms. The van der Waals surface area contributed by atoms with Crippen molar-refractivity contribution in [3.63, 3.8) is 0 Å². The fraction of sp³-hybridized carbons (Fsp3) is 0.364. The van der Waals surface area contributed by atoms with Crippen molar-refractivity contribution < 1.29 is 19.2 Å². The monoisotopic (exact) mass is 394 g/mol. The summed E-state index contributed by atoms with van der Waals surface area (Å²) in [5.41, 5.74) is -0.261. The average Bonchev–Trinajstić information content (AvgIpc) is 3.25. The van der Waals surface area contributed by atoms with Gasteiger partial charge >= 0.3 is 5.97 Å². The summed E-state index contributed by atoms with van der Waals surface area (Å²) < 4.78 is 5.13. The molecule has 2 aliphatic rings. The molecule has 1 saturated carbocycles. The number of nitro benzene ring substituents is 1. The molecule has 0 N–H and O–H groups in total. The molecular weight excluding hydrogens is 372 g/mol. The number of anilines is 1. The first-order valence-electron chi connectivity index (χ1n) is 9.42. The number of para-hydroxylation sites is 2. The minimum Gasteiger partial charge on any atom is -0.468 e. The summed E-state index contributed by atoms with van der Waals surface area (Å²) in [5.74, 6) is -1.09. The van der Waals surface area contributed by atoms with Gasteiger partial charge in [0.2, 0.25) is 5.91 Å². The number of amides is 1. The standard InChI is InChI=1S/C22H22N2O5/c1-21(2,3)19(25)23-15-11-7-5-9-13(15)17-18(23)22(17,20(26)29-4)14-10-6-8-12-16(14)24(27)28/h5-12,17-18H,1-4H3/t17-,18+,22+/m1/s1. The molecule has 1 amide bonds. The molecule has 150 valence electrons. The molecule has 2 aromatic carbocycles. The fourth-order valence-electron chi connectivity index (χ4n) is 4.69. The highest BCUT2D eigenvalue weighted by molar-refractivity contribution is 6.07. The molecule has 0 saturated heterocycles. The molecule has 1 fully saturated rings. The number of ether oxygens (including phenoxy) is 1. The van der Waals surface area contributed by atoms with E-state index in [2.05, 4.69) is 0 Å². The van der Waals surface area contributed by atoms with E-state index in [1.807, 2.05) is 45.0 Å². The predicted octanol–water partition coefficient (Wildman–Crippen LogP) is 3.56. The maximum Gasteiger partial charge on any atom is 0.319 e. The van der Waals surface area contributed by atoms with Gasteiger partial charge < -0.3 is 9.64 Å². The van der Waals surface area contributed by atoms with E-state index >= 15 is 0 Å². The van der Waals surface area contributed by atoms with Crippen LogP contribution >= 0.6 is 0 Å². The van der Waals surface area contributed by atoms with Gasteiger partial charge in [-0.25, -0.2) is 0 Å². The lowest BCUT2D eigenvalue weighted by molar-refractivity contribution is -0.385. The second-order valence-corrected chi connectivity index (χ2v) is 8.54. The third-order valence-electron chi connectivity index (χ3n) is 5.90. The Labute approximate surface area is 168 Å². The highest BCUT2D eigenvalue weighted by Gasteiger charge is 2.79. The second kappa shape index (κ2) is 6.14. The van der Waals surface area contributed by atoms with Crippen LogP contribution in [0, 0.1) is 15.5 Å². The first-order valence-corrected chi connectivity index (χ1v) is 9.42. The van der Waals surface area contributed by atoms with Crippen molar-refractivity contribution in [1.82, 2.24) is 0 Å². The van der Waals surface area contributed by atoms with Crippen molar-refractivity contribution in [2.75, 3.05) is 12.0 Å². The molecule has 7 heteroatoms. The molecule has 0 bridgehead atoms. The van der Waals surface area contributed by atoms with Crippen LogP contribution in [0.2, 0.25) is 0 Å². The number of carbonyl (C=O) groups excluding carboxylic acids is 2. The number of hydrogen-bond acceptors (Lipinski definition) is 5. The van der Waals surface area contributed by atoms with Crippen LogP contribution in [-0.2, 0) is 19.7 Å². The summed E-state index contributed by atoms with van der Waals surface area (Å²) in [5, 5.41) is 11.7. The SMILES string of the molecule is COC(=O)[C@@]1(c2ccccc2[N+](=O)[O-])[C@@H]2c3ccccc3N(C(=O)C(C)(C)C)[C@@H]21.